The van der Waals surface area contributed by atoms with Gasteiger partial charge in [0.05, 0.1) is 10.6 Å². The number of hydrogen-bond acceptors (Lipinski definition) is 3. The Hall–Kier alpha value is -2.51. The second kappa shape index (κ2) is 5.64. The number of amides is 1. The molecular weight excluding hydrogens is 274 g/mol. The smallest absolute Gasteiger partial charge is 0.255 e. The van der Waals surface area contributed by atoms with Gasteiger partial charge in [0.15, 0.2) is 0 Å². The Morgan fingerprint density at radius 1 is 1.30 bits per heavy atom. The maximum atomic E-state index is 12.1. The van der Waals surface area contributed by atoms with Crippen LogP contribution in [0.15, 0.2) is 36.4 Å². The second-order valence-corrected chi connectivity index (χ2v) is 4.80. The number of aryl methyl sites for hydroxylation is 1. The number of benzene rings is 2. The van der Waals surface area contributed by atoms with Gasteiger partial charge in [-0.1, -0.05) is 11.6 Å². The lowest BCUT2D eigenvalue weighted by Crippen LogP contribution is -2.12. The first-order valence-corrected chi connectivity index (χ1v) is 6.25. The number of nitrogens with zero attached hydrogens (tertiary/aromatic N) is 1. The van der Waals surface area contributed by atoms with E-state index >= 15 is 0 Å². The molecule has 0 atom stereocenters. The summed E-state index contributed by atoms with van der Waals surface area (Å²) in [6.07, 6.45) is 0. The Balaban J connectivity index is 2.26. The lowest BCUT2D eigenvalue weighted by Gasteiger charge is -2.08. The molecule has 1 amide bonds. The number of anilines is 2. The standard InChI is InChI=1S/C15H12ClN3O/c1-9-4-10(6-12(18)5-9)15(20)19-13-2-3-14(16)11(7-13)8-17/h2-7H,18H2,1H3,(H,19,20). The number of rotatable bonds is 2. The van der Waals surface area contributed by atoms with Crippen molar-refractivity contribution in [2.45, 2.75) is 6.92 Å². The molecule has 3 N–H and O–H groups in total. The average molecular weight is 286 g/mol. The van der Waals surface area contributed by atoms with Crippen molar-refractivity contribution in [3.63, 3.8) is 0 Å². The molecule has 0 heterocycles. The van der Waals surface area contributed by atoms with Gasteiger partial charge >= 0.3 is 0 Å². The molecule has 0 aliphatic rings. The quantitative estimate of drug-likeness (QED) is 0.831. The fourth-order valence-corrected chi connectivity index (χ4v) is 2.00. The fourth-order valence-electron chi connectivity index (χ4n) is 1.84. The van der Waals surface area contributed by atoms with Gasteiger partial charge in [-0.25, -0.2) is 0 Å². The number of halogens is 1. The largest absolute Gasteiger partial charge is 0.399 e. The van der Waals surface area contributed by atoms with Crippen LogP contribution in [-0.2, 0) is 0 Å². The van der Waals surface area contributed by atoms with Crippen LogP contribution in [0.25, 0.3) is 0 Å². The van der Waals surface area contributed by atoms with Crippen molar-refractivity contribution in [3.8, 4) is 6.07 Å². The molecule has 0 unspecified atom stereocenters. The first kappa shape index (κ1) is 13.9. The van der Waals surface area contributed by atoms with Crippen LogP contribution >= 0.6 is 11.6 Å². The van der Waals surface area contributed by atoms with Crippen LogP contribution < -0.4 is 11.1 Å². The van der Waals surface area contributed by atoms with E-state index in [9.17, 15) is 4.79 Å². The Labute approximate surface area is 121 Å². The molecule has 0 radical (unpaired) electrons. The number of carbonyl (C=O) groups excluding carboxylic acids is 1. The van der Waals surface area contributed by atoms with E-state index in [2.05, 4.69) is 5.32 Å². The molecule has 20 heavy (non-hydrogen) atoms. The monoisotopic (exact) mass is 285 g/mol. The van der Waals surface area contributed by atoms with E-state index in [1.165, 1.54) is 6.07 Å². The summed E-state index contributed by atoms with van der Waals surface area (Å²) >= 11 is 5.84. The van der Waals surface area contributed by atoms with Crippen molar-refractivity contribution in [3.05, 3.63) is 58.1 Å². The fraction of sp³-hybridized carbons (Fsp3) is 0.0667. The molecule has 5 heteroatoms. The number of nitrogens with two attached hydrogens (primary N) is 1. The van der Waals surface area contributed by atoms with Crippen LogP contribution in [-0.4, -0.2) is 5.91 Å². The summed E-state index contributed by atoms with van der Waals surface area (Å²) in [4.78, 5) is 12.1. The zero-order chi connectivity index (χ0) is 14.7. The number of nitrogen functional groups attached to an aromatic ring is 1. The van der Waals surface area contributed by atoms with E-state index in [4.69, 9.17) is 22.6 Å². The molecule has 0 bridgehead atoms. The lowest BCUT2D eigenvalue weighted by atomic mass is 10.1. The molecule has 0 aliphatic heterocycles. The lowest BCUT2D eigenvalue weighted by molar-refractivity contribution is 0.102. The summed E-state index contributed by atoms with van der Waals surface area (Å²) in [7, 11) is 0. The minimum atomic E-state index is -0.286. The first-order chi connectivity index (χ1) is 9.49. The minimum Gasteiger partial charge on any atom is -0.399 e. The third-order valence-corrected chi connectivity index (χ3v) is 3.04. The van der Waals surface area contributed by atoms with Gasteiger partial charge in [-0.15, -0.1) is 0 Å². The molecular formula is C15H12ClN3O. The van der Waals surface area contributed by atoms with Crippen molar-refractivity contribution < 1.29 is 4.79 Å². The van der Waals surface area contributed by atoms with Crippen LogP contribution in [0.3, 0.4) is 0 Å². The highest BCUT2D eigenvalue weighted by Gasteiger charge is 2.09. The van der Waals surface area contributed by atoms with Gasteiger partial charge < -0.3 is 11.1 Å². The molecule has 2 rings (SSSR count). The molecule has 2 aromatic rings. The van der Waals surface area contributed by atoms with Crippen molar-refractivity contribution in [1.29, 1.82) is 5.26 Å². The molecule has 0 aromatic heterocycles. The first-order valence-electron chi connectivity index (χ1n) is 5.88. The average Bonchev–Trinajstić information content (AvgIpc) is 2.39. The molecule has 0 saturated heterocycles. The van der Waals surface area contributed by atoms with Crippen LogP contribution in [0, 0.1) is 18.3 Å². The van der Waals surface area contributed by atoms with Crippen LogP contribution in [0.2, 0.25) is 5.02 Å². The zero-order valence-corrected chi connectivity index (χ0v) is 11.5. The second-order valence-electron chi connectivity index (χ2n) is 4.39. The zero-order valence-electron chi connectivity index (χ0n) is 10.8. The summed E-state index contributed by atoms with van der Waals surface area (Å²) in [5.74, 6) is -0.286. The maximum absolute atomic E-state index is 12.1. The Morgan fingerprint density at radius 3 is 2.70 bits per heavy atom. The molecule has 0 spiro atoms. The molecule has 2 aromatic carbocycles. The van der Waals surface area contributed by atoms with Crippen molar-refractivity contribution in [2.75, 3.05) is 11.1 Å². The van der Waals surface area contributed by atoms with Crippen molar-refractivity contribution in [2.24, 2.45) is 0 Å². The molecule has 0 saturated carbocycles. The summed E-state index contributed by atoms with van der Waals surface area (Å²) < 4.78 is 0. The highest BCUT2D eigenvalue weighted by Crippen LogP contribution is 2.20. The Morgan fingerprint density at radius 2 is 2.05 bits per heavy atom. The van der Waals surface area contributed by atoms with E-state index in [-0.39, 0.29) is 5.91 Å². The third kappa shape index (κ3) is 3.08. The van der Waals surface area contributed by atoms with E-state index in [1.807, 2.05) is 13.0 Å². The van der Waals surface area contributed by atoms with Gasteiger partial charge in [0.2, 0.25) is 0 Å². The van der Waals surface area contributed by atoms with E-state index < -0.39 is 0 Å². The summed E-state index contributed by atoms with van der Waals surface area (Å²) in [5, 5.41) is 12.0. The summed E-state index contributed by atoms with van der Waals surface area (Å²) in [5.41, 5.74) is 8.45. The molecule has 100 valence electrons. The number of nitriles is 1. The maximum Gasteiger partial charge on any atom is 0.255 e. The predicted octanol–water partition coefficient (Wildman–Crippen LogP) is 3.35. The summed E-state index contributed by atoms with van der Waals surface area (Å²) in [6, 6.07) is 11.8. The van der Waals surface area contributed by atoms with E-state index in [1.54, 1.807) is 30.3 Å². The number of nitrogens with one attached hydrogen (secondary N) is 1. The predicted molar refractivity (Wildman–Crippen MR) is 79.7 cm³/mol. The van der Waals surface area contributed by atoms with Gasteiger partial charge in [0, 0.05) is 16.9 Å². The van der Waals surface area contributed by atoms with Gasteiger partial charge in [-0.05, 0) is 48.9 Å². The third-order valence-electron chi connectivity index (χ3n) is 2.71. The molecule has 4 nitrogen and oxygen atoms in total. The Bertz CT molecular complexity index is 699. The number of hydrogen-bond donors (Lipinski definition) is 2. The van der Waals surface area contributed by atoms with Crippen LogP contribution in [0.1, 0.15) is 21.5 Å². The van der Waals surface area contributed by atoms with E-state index in [0.29, 0.717) is 27.5 Å². The topological polar surface area (TPSA) is 78.9 Å². The van der Waals surface area contributed by atoms with Crippen LogP contribution in [0.5, 0.6) is 0 Å². The van der Waals surface area contributed by atoms with Crippen molar-refractivity contribution in [1.82, 2.24) is 0 Å². The SMILES string of the molecule is Cc1cc(N)cc(C(=O)Nc2ccc(Cl)c(C#N)c2)c1. The molecule has 0 aliphatic carbocycles. The van der Waals surface area contributed by atoms with Gasteiger partial charge in [0.1, 0.15) is 6.07 Å². The van der Waals surface area contributed by atoms with E-state index in [0.717, 1.165) is 5.56 Å². The summed E-state index contributed by atoms with van der Waals surface area (Å²) in [6.45, 7) is 1.86. The van der Waals surface area contributed by atoms with Gasteiger partial charge in [0.25, 0.3) is 5.91 Å². The normalized spacial score (nSPS) is 9.85. The highest BCUT2D eigenvalue weighted by molar-refractivity contribution is 6.31. The van der Waals surface area contributed by atoms with Gasteiger partial charge in [-0.3, -0.25) is 4.79 Å². The minimum absolute atomic E-state index is 0.286. The molecule has 0 fully saturated rings. The highest BCUT2D eigenvalue weighted by atomic mass is 35.5. The van der Waals surface area contributed by atoms with Crippen LogP contribution in [0.4, 0.5) is 11.4 Å². The Kier molecular flexibility index (Phi) is 3.92. The van der Waals surface area contributed by atoms with Crippen molar-refractivity contribution >= 4 is 28.9 Å². The van der Waals surface area contributed by atoms with Gasteiger partial charge in [-0.2, -0.15) is 5.26 Å². The number of carbonyl (C=O) groups is 1.